The van der Waals surface area contributed by atoms with E-state index in [1.165, 1.54) is 5.57 Å². The van der Waals surface area contributed by atoms with Crippen molar-refractivity contribution in [1.82, 2.24) is 0 Å². The summed E-state index contributed by atoms with van der Waals surface area (Å²) in [5.41, 5.74) is 0.955. The third-order valence-corrected chi connectivity index (χ3v) is 4.17. The number of hydrogen-bond donors (Lipinski definition) is 0. The molecule has 0 bridgehead atoms. The van der Waals surface area contributed by atoms with E-state index in [4.69, 9.17) is 0 Å². The van der Waals surface area contributed by atoms with Gasteiger partial charge in [0.25, 0.3) is 0 Å². The SMILES string of the molecule is C=C(C(C)(C)C)C(C)(C)CC(C)(C)CS(=O)[O-]. The Kier molecular flexibility index (Phi) is 5.18. The summed E-state index contributed by atoms with van der Waals surface area (Å²) >= 11 is -1.98. The van der Waals surface area contributed by atoms with Crippen LogP contribution in [-0.2, 0) is 11.1 Å². The lowest BCUT2D eigenvalue weighted by molar-refractivity contribution is 0.221. The second kappa shape index (κ2) is 5.23. The summed E-state index contributed by atoms with van der Waals surface area (Å²) in [5, 5.41) is 0. The van der Waals surface area contributed by atoms with Crippen LogP contribution in [0, 0.1) is 16.2 Å². The number of allylic oxidation sites excluding steroid dienone is 1. The topological polar surface area (TPSA) is 40.1 Å². The molecule has 0 heterocycles. The molecule has 0 aliphatic heterocycles. The van der Waals surface area contributed by atoms with Gasteiger partial charge in [-0.05, 0) is 22.7 Å². The highest BCUT2D eigenvalue weighted by molar-refractivity contribution is 7.79. The average molecular weight is 259 g/mol. The summed E-state index contributed by atoms with van der Waals surface area (Å²) in [6.45, 7) is 19.0. The molecule has 0 aromatic heterocycles. The van der Waals surface area contributed by atoms with Crippen molar-refractivity contribution < 1.29 is 8.76 Å². The zero-order valence-electron chi connectivity index (χ0n) is 12.3. The Labute approximate surface area is 109 Å². The molecule has 102 valence electrons. The highest BCUT2D eigenvalue weighted by Crippen LogP contribution is 2.45. The van der Waals surface area contributed by atoms with Crippen molar-refractivity contribution in [3.05, 3.63) is 12.2 Å². The Morgan fingerprint density at radius 1 is 1.12 bits per heavy atom. The molecule has 0 N–H and O–H groups in total. The van der Waals surface area contributed by atoms with Gasteiger partial charge in [0.2, 0.25) is 0 Å². The van der Waals surface area contributed by atoms with Crippen LogP contribution in [0.4, 0.5) is 0 Å². The third kappa shape index (κ3) is 5.82. The fourth-order valence-corrected chi connectivity index (χ4v) is 3.43. The first-order valence-electron chi connectivity index (χ1n) is 6.04. The van der Waals surface area contributed by atoms with Crippen LogP contribution >= 0.6 is 0 Å². The lowest BCUT2D eigenvalue weighted by Gasteiger charge is -2.41. The molecule has 0 rings (SSSR count). The van der Waals surface area contributed by atoms with Crippen LogP contribution in [0.15, 0.2) is 12.2 Å². The van der Waals surface area contributed by atoms with E-state index in [-0.39, 0.29) is 22.0 Å². The standard InChI is InChI=1S/C14H28O2S/c1-11(12(2,3)4)14(7,8)9-13(5,6)10-17(15)16/h1,9-10H2,2-8H3,(H,15,16)/p-1. The maximum atomic E-state index is 10.8. The van der Waals surface area contributed by atoms with E-state index in [0.717, 1.165) is 6.42 Å². The molecule has 0 aromatic carbocycles. The first-order valence-corrected chi connectivity index (χ1v) is 7.28. The van der Waals surface area contributed by atoms with Crippen molar-refractivity contribution in [2.24, 2.45) is 16.2 Å². The van der Waals surface area contributed by atoms with Gasteiger partial charge in [-0.15, -0.1) is 0 Å². The van der Waals surface area contributed by atoms with Crippen molar-refractivity contribution in [2.75, 3.05) is 5.75 Å². The molecule has 17 heavy (non-hydrogen) atoms. The van der Waals surface area contributed by atoms with Gasteiger partial charge in [-0.25, -0.2) is 0 Å². The predicted octanol–water partition coefficient (Wildman–Crippen LogP) is 3.91. The smallest absolute Gasteiger partial charge is 0.0153 e. The van der Waals surface area contributed by atoms with Gasteiger partial charge in [0.05, 0.1) is 0 Å². The molecule has 0 aromatic rings. The molecule has 0 radical (unpaired) electrons. The summed E-state index contributed by atoms with van der Waals surface area (Å²) in [6, 6.07) is 0. The van der Waals surface area contributed by atoms with Crippen molar-refractivity contribution >= 4 is 11.1 Å². The van der Waals surface area contributed by atoms with Crippen LogP contribution in [-0.4, -0.2) is 14.5 Å². The molecule has 0 aliphatic rings. The maximum Gasteiger partial charge on any atom is 0.0153 e. The van der Waals surface area contributed by atoms with Crippen LogP contribution in [0.5, 0.6) is 0 Å². The van der Waals surface area contributed by atoms with Gasteiger partial charge in [0.15, 0.2) is 0 Å². The lowest BCUT2D eigenvalue weighted by atomic mass is 9.65. The molecular weight excluding hydrogens is 232 g/mol. The average Bonchev–Trinajstić information content (AvgIpc) is 1.95. The van der Waals surface area contributed by atoms with Crippen LogP contribution in [0.3, 0.4) is 0 Å². The molecular formula is C14H27O2S-. The van der Waals surface area contributed by atoms with Gasteiger partial charge in [-0.2, -0.15) is 0 Å². The van der Waals surface area contributed by atoms with Crippen molar-refractivity contribution in [2.45, 2.75) is 54.9 Å². The molecule has 2 nitrogen and oxygen atoms in total. The van der Waals surface area contributed by atoms with Crippen molar-refractivity contribution in [3.63, 3.8) is 0 Å². The highest BCUT2D eigenvalue weighted by atomic mass is 32.2. The van der Waals surface area contributed by atoms with Gasteiger partial charge >= 0.3 is 0 Å². The van der Waals surface area contributed by atoms with Crippen LogP contribution in [0.25, 0.3) is 0 Å². The first-order chi connectivity index (χ1) is 7.28. The summed E-state index contributed by atoms with van der Waals surface area (Å²) in [4.78, 5) is 0. The predicted molar refractivity (Wildman–Crippen MR) is 74.6 cm³/mol. The molecule has 0 saturated heterocycles. The molecule has 0 amide bonds. The van der Waals surface area contributed by atoms with Crippen LogP contribution in [0.2, 0.25) is 0 Å². The Balaban J connectivity index is 4.87. The third-order valence-electron chi connectivity index (χ3n) is 3.15. The number of rotatable bonds is 5. The molecule has 0 fully saturated rings. The van der Waals surface area contributed by atoms with Crippen LogP contribution < -0.4 is 0 Å². The molecule has 0 spiro atoms. The summed E-state index contributed by atoms with van der Waals surface area (Å²) < 4.78 is 21.7. The minimum Gasteiger partial charge on any atom is -0.772 e. The van der Waals surface area contributed by atoms with E-state index < -0.39 is 11.1 Å². The molecule has 0 aliphatic carbocycles. The highest BCUT2D eigenvalue weighted by Gasteiger charge is 2.35. The molecule has 0 saturated carbocycles. The Morgan fingerprint density at radius 2 is 1.53 bits per heavy atom. The summed E-state index contributed by atoms with van der Waals surface area (Å²) in [5.74, 6) is 0.202. The van der Waals surface area contributed by atoms with E-state index in [1.54, 1.807) is 0 Å². The summed E-state index contributed by atoms with van der Waals surface area (Å²) in [6.07, 6.45) is 0.823. The van der Waals surface area contributed by atoms with Gasteiger partial charge in [0, 0.05) is 5.75 Å². The summed E-state index contributed by atoms with van der Waals surface area (Å²) in [7, 11) is 0. The Bertz CT molecular complexity index is 309. The van der Waals surface area contributed by atoms with E-state index in [9.17, 15) is 8.76 Å². The number of hydrogen-bond acceptors (Lipinski definition) is 2. The molecule has 1 atom stereocenters. The van der Waals surface area contributed by atoms with Crippen molar-refractivity contribution in [1.29, 1.82) is 0 Å². The monoisotopic (exact) mass is 259 g/mol. The van der Waals surface area contributed by atoms with E-state index >= 15 is 0 Å². The van der Waals surface area contributed by atoms with Crippen molar-refractivity contribution in [3.8, 4) is 0 Å². The normalized spacial score (nSPS) is 15.8. The van der Waals surface area contributed by atoms with Gasteiger partial charge in [-0.1, -0.05) is 71.7 Å². The quantitative estimate of drug-likeness (QED) is 0.555. The first kappa shape index (κ1) is 16.9. The van der Waals surface area contributed by atoms with E-state index in [2.05, 4.69) is 41.2 Å². The Morgan fingerprint density at radius 3 is 1.82 bits per heavy atom. The fraction of sp³-hybridized carbons (Fsp3) is 0.857. The van der Waals surface area contributed by atoms with E-state index in [1.807, 2.05) is 13.8 Å². The second-order valence-corrected chi connectivity index (χ2v) is 8.30. The van der Waals surface area contributed by atoms with E-state index in [0.29, 0.717) is 0 Å². The van der Waals surface area contributed by atoms with Gasteiger partial charge in [-0.3, -0.25) is 4.21 Å². The second-order valence-electron chi connectivity index (χ2n) is 7.40. The minimum atomic E-state index is -1.98. The zero-order valence-corrected chi connectivity index (χ0v) is 13.2. The lowest BCUT2D eigenvalue weighted by Crippen LogP contribution is -2.32. The zero-order chi connectivity index (χ0) is 14.1. The van der Waals surface area contributed by atoms with Crippen LogP contribution in [0.1, 0.15) is 54.9 Å². The minimum absolute atomic E-state index is 0.0518. The molecule has 1 unspecified atom stereocenters. The Hall–Kier alpha value is -0.150. The van der Waals surface area contributed by atoms with Gasteiger partial charge in [0.1, 0.15) is 0 Å². The largest absolute Gasteiger partial charge is 0.772 e. The maximum absolute atomic E-state index is 10.8. The van der Waals surface area contributed by atoms with Gasteiger partial charge < -0.3 is 4.55 Å². The fourth-order valence-electron chi connectivity index (χ4n) is 2.69. The molecule has 3 heteroatoms.